The van der Waals surface area contributed by atoms with Gasteiger partial charge in [-0.05, 0) is 23.6 Å². The van der Waals surface area contributed by atoms with Crippen molar-refractivity contribution in [2.75, 3.05) is 32.7 Å². The molecule has 3 rings (SSSR count). The van der Waals surface area contributed by atoms with Crippen molar-refractivity contribution >= 4 is 21.8 Å². The number of rotatable bonds is 7. The van der Waals surface area contributed by atoms with Gasteiger partial charge in [-0.2, -0.15) is 5.26 Å². The highest BCUT2D eigenvalue weighted by molar-refractivity contribution is 9.10. The van der Waals surface area contributed by atoms with Crippen molar-refractivity contribution in [1.29, 1.82) is 5.26 Å². The van der Waals surface area contributed by atoms with Gasteiger partial charge in [-0.3, -0.25) is 9.69 Å². The summed E-state index contributed by atoms with van der Waals surface area (Å²) in [5.74, 6) is -0.194. The molecular weight excluding hydrogens is 428 g/mol. The van der Waals surface area contributed by atoms with Crippen molar-refractivity contribution in [3.8, 4) is 6.07 Å². The molecule has 1 fully saturated rings. The molecule has 0 bridgehead atoms. The minimum Gasteiger partial charge on any atom is -0.389 e. The first-order valence-corrected chi connectivity index (χ1v) is 10.6. The highest BCUT2D eigenvalue weighted by Gasteiger charge is 2.23. The van der Waals surface area contributed by atoms with Crippen molar-refractivity contribution in [3.63, 3.8) is 0 Å². The summed E-state index contributed by atoms with van der Waals surface area (Å²) in [6.07, 6.45) is 2.36. The predicted molar refractivity (Wildman–Crippen MR) is 118 cm³/mol. The molecule has 1 aliphatic heterocycles. The summed E-state index contributed by atoms with van der Waals surface area (Å²) < 4.78 is 1.07. The van der Waals surface area contributed by atoms with Crippen LogP contribution in [0.2, 0.25) is 0 Å². The molecule has 1 aliphatic rings. The van der Waals surface area contributed by atoms with Gasteiger partial charge < -0.3 is 10.2 Å². The van der Waals surface area contributed by atoms with E-state index in [4.69, 9.17) is 0 Å². The van der Waals surface area contributed by atoms with Gasteiger partial charge in [0.05, 0.1) is 0 Å². The Hall–Kier alpha value is -2.62. The summed E-state index contributed by atoms with van der Waals surface area (Å²) in [4.78, 5) is 16.8. The summed E-state index contributed by atoms with van der Waals surface area (Å²) in [7, 11) is 0. The van der Waals surface area contributed by atoms with Crippen LogP contribution in [0.25, 0.3) is 0 Å². The SMILES string of the molecule is N#C/C(=C/NCCc1ccccc1Br)C(=O)N1CCN(Cc2ccccc2)CC1. The molecule has 1 N–H and O–H groups in total. The normalized spacial score (nSPS) is 15.0. The van der Waals surface area contributed by atoms with E-state index in [0.717, 1.165) is 30.5 Å². The van der Waals surface area contributed by atoms with Crippen LogP contribution in [0, 0.1) is 11.3 Å². The number of carbonyl (C=O) groups is 1. The summed E-state index contributed by atoms with van der Waals surface area (Å²) in [6.45, 7) is 4.46. The van der Waals surface area contributed by atoms with Gasteiger partial charge in [-0.1, -0.05) is 64.5 Å². The Labute approximate surface area is 180 Å². The fourth-order valence-electron chi connectivity index (χ4n) is 3.35. The number of hydrogen-bond donors (Lipinski definition) is 1. The molecule has 2 aromatic carbocycles. The first-order chi connectivity index (χ1) is 14.2. The minimum absolute atomic E-state index is 0.161. The zero-order valence-corrected chi connectivity index (χ0v) is 17.9. The number of halogens is 1. The van der Waals surface area contributed by atoms with Crippen molar-refractivity contribution in [2.24, 2.45) is 0 Å². The van der Waals surface area contributed by atoms with Crippen LogP contribution in [0.15, 0.2) is 70.8 Å². The van der Waals surface area contributed by atoms with Crippen LogP contribution in [0.4, 0.5) is 0 Å². The van der Waals surface area contributed by atoms with E-state index >= 15 is 0 Å². The first kappa shape index (κ1) is 21.1. The molecule has 0 atom stereocenters. The average Bonchev–Trinajstić information content (AvgIpc) is 2.76. The minimum atomic E-state index is -0.194. The van der Waals surface area contributed by atoms with Crippen LogP contribution in [-0.2, 0) is 17.8 Å². The molecule has 5 nitrogen and oxygen atoms in total. The summed E-state index contributed by atoms with van der Waals surface area (Å²) in [6, 6.07) is 20.4. The number of piperazine rings is 1. The monoisotopic (exact) mass is 452 g/mol. The summed E-state index contributed by atoms with van der Waals surface area (Å²) in [5.41, 5.74) is 2.63. The zero-order chi connectivity index (χ0) is 20.5. The van der Waals surface area contributed by atoms with E-state index in [9.17, 15) is 10.1 Å². The maximum Gasteiger partial charge on any atom is 0.266 e. The number of amides is 1. The van der Waals surface area contributed by atoms with Crippen molar-refractivity contribution in [3.05, 3.63) is 82.0 Å². The lowest BCUT2D eigenvalue weighted by molar-refractivity contribution is -0.128. The Morgan fingerprint density at radius 2 is 1.76 bits per heavy atom. The van der Waals surface area contributed by atoms with E-state index in [1.165, 1.54) is 11.1 Å². The van der Waals surface area contributed by atoms with Crippen LogP contribution in [0.3, 0.4) is 0 Å². The van der Waals surface area contributed by atoms with E-state index in [2.05, 4.69) is 44.3 Å². The van der Waals surface area contributed by atoms with Gasteiger partial charge in [0.15, 0.2) is 0 Å². The first-order valence-electron chi connectivity index (χ1n) is 9.80. The number of hydrogen-bond acceptors (Lipinski definition) is 4. The molecular formula is C23H25BrN4O. The molecule has 0 saturated carbocycles. The van der Waals surface area contributed by atoms with Crippen molar-refractivity contribution in [1.82, 2.24) is 15.1 Å². The van der Waals surface area contributed by atoms with E-state index in [0.29, 0.717) is 19.6 Å². The third-order valence-electron chi connectivity index (χ3n) is 5.00. The van der Waals surface area contributed by atoms with E-state index in [1.807, 2.05) is 42.5 Å². The molecule has 150 valence electrons. The maximum atomic E-state index is 12.7. The quantitative estimate of drug-likeness (QED) is 0.397. The van der Waals surface area contributed by atoms with Crippen LogP contribution in [-0.4, -0.2) is 48.4 Å². The molecule has 1 saturated heterocycles. The Morgan fingerprint density at radius 1 is 1.07 bits per heavy atom. The standard InChI is InChI=1S/C23H25BrN4O/c24-22-9-5-4-8-20(22)10-11-26-17-21(16-25)23(29)28-14-12-27(13-15-28)18-19-6-2-1-3-7-19/h1-9,17,26H,10-15,18H2/b21-17-. The molecule has 0 spiro atoms. The molecule has 2 aromatic rings. The van der Waals surface area contributed by atoms with Gasteiger partial charge in [-0.25, -0.2) is 0 Å². The Kier molecular flexibility index (Phi) is 7.85. The fourth-order valence-corrected chi connectivity index (χ4v) is 3.83. The van der Waals surface area contributed by atoms with Crippen LogP contribution in [0.5, 0.6) is 0 Å². The second-order valence-corrected chi connectivity index (χ2v) is 7.87. The highest BCUT2D eigenvalue weighted by atomic mass is 79.9. The van der Waals surface area contributed by atoms with Gasteiger partial charge in [-0.15, -0.1) is 0 Å². The molecule has 0 aliphatic carbocycles. The lowest BCUT2D eigenvalue weighted by atomic mass is 10.1. The molecule has 0 radical (unpaired) electrons. The van der Waals surface area contributed by atoms with Gasteiger partial charge in [0, 0.05) is 49.9 Å². The van der Waals surface area contributed by atoms with E-state index in [-0.39, 0.29) is 11.5 Å². The number of carbonyl (C=O) groups excluding carboxylic acids is 1. The second-order valence-electron chi connectivity index (χ2n) is 7.02. The summed E-state index contributed by atoms with van der Waals surface area (Å²) in [5, 5.41) is 12.5. The van der Waals surface area contributed by atoms with Crippen LogP contribution < -0.4 is 5.32 Å². The Balaban J connectivity index is 1.46. The van der Waals surface area contributed by atoms with Crippen LogP contribution in [0.1, 0.15) is 11.1 Å². The number of nitrogens with one attached hydrogen (secondary N) is 1. The fraction of sp³-hybridized carbons (Fsp3) is 0.304. The van der Waals surface area contributed by atoms with Gasteiger partial charge >= 0.3 is 0 Å². The predicted octanol–water partition coefficient (Wildman–Crippen LogP) is 3.33. The van der Waals surface area contributed by atoms with E-state index in [1.54, 1.807) is 11.1 Å². The lowest BCUT2D eigenvalue weighted by Gasteiger charge is -2.34. The zero-order valence-electron chi connectivity index (χ0n) is 16.4. The molecule has 1 heterocycles. The molecule has 1 amide bonds. The largest absolute Gasteiger partial charge is 0.389 e. The Bertz CT molecular complexity index is 883. The maximum absolute atomic E-state index is 12.7. The molecule has 0 unspecified atom stereocenters. The van der Waals surface area contributed by atoms with Gasteiger partial charge in [0.25, 0.3) is 5.91 Å². The van der Waals surface area contributed by atoms with Crippen LogP contribution >= 0.6 is 15.9 Å². The molecule has 29 heavy (non-hydrogen) atoms. The number of benzene rings is 2. The van der Waals surface area contributed by atoms with Crippen molar-refractivity contribution in [2.45, 2.75) is 13.0 Å². The third-order valence-corrected chi connectivity index (χ3v) is 5.78. The average molecular weight is 453 g/mol. The summed E-state index contributed by atoms with van der Waals surface area (Å²) >= 11 is 3.53. The van der Waals surface area contributed by atoms with Gasteiger partial charge in [0.2, 0.25) is 0 Å². The molecule has 0 aromatic heterocycles. The Morgan fingerprint density at radius 3 is 2.45 bits per heavy atom. The lowest BCUT2D eigenvalue weighted by Crippen LogP contribution is -2.48. The van der Waals surface area contributed by atoms with Crippen molar-refractivity contribution < 1.29 is 4.79 Å². The number of nitrogens with zero attached hydrogens (tertiary/aromatic N) is 3. The smallest absolute Gasteiger partial charge is 0.266 e. The van der Waals surface area contributed by atoms with E-state index < -0.39 is 0 Å². The third kappa shape index (κ3) is 6.18. The van der Waals surface area contributed by atoms with Gasteiger partial charge in [0.1, 0.15) is 11.6 Å². The highest BCUT2D eigenvalue weighted by Crippen LogP contribution is 2.16. The second kappa shape index (κ2) is 10.8. The molecule has 6 heteroatoms. The topological polar surface area (TPSA) is 59.4 Å². The number of nitriles is 1.